The molecule has 0 spiro atoms. The van der Waals surface area contributed by atoms with E-state index in [-0.39, 0.29) is 11.8 Å². The van der Waals surface area contributed by atoms with Crippen LogP contribution in [0.3, 0.4) is 0 Å². The van der Waals surface area contributed by atoms with Crippen molar-refractivity contribution < 1.29 is 14.3 Å². The fourth-order valence-electron chi connectivity index (χ4n) is 3.38. The van der Waals surface area contributed by atoms with E-state index in [4.69, 9.17) is 16.3 Å². The Morgan fingerprint density at radius 3 is 2.14 bits per heavy atom. The largest absolute Gasteiger partial charge is 0.481 e. The van der Waals surface area contributed by atoms with Gasteiger partial charge in [0, 0.05) is 36.8 Å². The maximum Gasteiger partial charge on any atom is 0.263 e. The van der Waals surface area contributed by atoms with Crippen molar-refractivity contribution in [2.75, 3.05) is 26.2 Å². The number of ether oxygens (including phenoxy) is 1. The van der Waals surface area contributed by atoms with Crippen LogP contribution in [0.25, 0.3) is 0 Å². The molecule has 29 heavy (non-hydrogen) atoms. The lowest BCUT2D eigenvalue weighted by molar-refractivity contribution is -0.139. The van der Waals surface area contributed by atoms with Gasteiger partial charge in [0.2, 0.25) is 0 Å². The molecule has 2 aromatic carbocycles. The van der Waals surface area contributed by atoms with E-state index >= 15 is 0 Å². The zero-order chi connectivity index (χ0) is 21.0. The fourth-order valence-corrected chi connectivity index (χ4v) is 3.57. The molecule has 1 unspecified atom stereocenters. The molecular formula is C23H27ClN2O3. The highest BCUT2D eigenvalue weighted by atomic mass is 35.5. The number of halogens is 1. The van der Waals surface area contributed by atoms with Crippen LogP contribution in [0.4, 0.5) is 0 Å². The van der Waals surface area contributed by atoms with Crippen LogP contribution in [0.1, 0.15) is 42.6 Å². The lowest BCUT2D eigenvalue weighted by atomic mass is 10.0. The third-order valence-corrected chi connectivity index (χ3v) is 5.39. The summed E-state index contributed by atoms with van der Waals surface area (Å²) in [6.45, 7) is 8.01. The molecule has 0 saturated carbocycles. The van der Waals surface area contributed by atoms with E-state index in [0.29, 0.717) is 48.4 Å². The third-order valence-electron chi connectivity index (χ3n) is 5.16. The quantitative estimate of drug-likeness (QED) is 0.736. The maximum absolute atomic E-state index is 12.7. The topological polar surface area (TPSA) is 49.9 Å². The summed E-state index contributed by atoms with van der Waals surface area (Å²) in [7, 11) is 0. The number of carbonyl (C=O) groups is 2. The van der Waals surface area contributed by atoms with E-state index in [1.807, 2.05) is 24.3 Å². The summed E-state index contributed by atoms with van der Waals surface area (Å²) in [5, 5.41) is 0.539. The second kappa shape index (κ2) is 9.31. The number of piperazine rings is 1. The van der Waals surface area contributed by atoms with Crippen molar-refractivity contribution in [3.05, 3.63) is 64.7 Å². The Morgan fingerprint density at radius 2 is 1.55 bits per heavy atom. The molecule has 1 fully saturated rings. The molecule has 154 valence electrons. The van der Waals surface area contributed by atoms with Crippen molar-refractivity contribution in [3.63, 3.8) is 0 Å². The fraction of sp³-hybridized carbons (Fsp3) is 0.391. The number of hydrogen-bond acceptors (Lipinski definition) is 3. The molecule has 0 bridgehead atoms. The zero-order valence-corrected chi connectivity index (χ0v) is 17.9. The average molecular weight is 415 g/mol. The minimum absolute atomic E-state index is 0.0610. The van der Waals surface area contributed by atoms with Crippen molar-refractivity contribution in [1.82, 2.24) is 9.80 Å². The molecule has 0 aromatic heterocycles. The van der Waals surface area contributed by atoms with Crippen molar-refractivity contribution in [2.45, 2.75) is 32.8 Å². The highest BCUT2D eigenvalue weighted by molar-refractivity contribution is 6.30. The second-order valence-corrected chi connectivity index (χ2v) is 8.05. The van der Waals surface area contributed by atoms with Crippen molar-refractivity contribution in [1.29, 1.82) is 0 Å². The average Bonchev–Trinajstić information content (AvgIpc) is 2.73. The van der Waals surface area contributed by atoms with Gasteiger partial charge >= 0.3 is 0 Å². The highest BCUT2D eigenvalue weighted by Gasteiger charge is 2.28. The summed E-state index contributed by atoms with van der Waals surface area (Å²) in [6, 6.07) is 14.8. The lowest BCUT2D eigenvalue weighted by Crippen LogP contribution is -2.53. The van der Waals surface area contributed by atoms with E-state index < -0.39 is 6.10 Å². The number of carbonyl (C=O) groups excluding carboxylic acids is 2. The van der Waals surface area contributed by atoms with Gasteiger partial charge in [0.1, 0.15) is 5.75 Å². The van der Waals surface area contributed by atoms with Gasteiger partial charge in [-0.25, -0.2) is 0 Å². The first kappa shape index (κ1) is 21.2. The van der Waals surface area contributed by atoms with E-state index in [1.165, 1.54) is 5.56 Å². The Labute approximate surface area is 177 Å². The van der Waals surface area contributed by atoms with E-state index in [1.54, 1.807) is 41.0 Å². The van der Waals surface area contributed by atoms with Crippen LogP contribution in [0.5, 0.6) is 5.75 Å². The van der Waals surface area contributed by atoms with Gasteiger partial charge in [-0.3, -0.25) is 9.59 Å². The van der Waals surface area contributed by atoms with E-state index in [9.17, 15) is 9.59 Å². The van der Waals surface area contributed by atoms with Gasteiger partial charge in [-0.05, 0) is 48.7 Å². The molecule has 1 heterocycles. The van der Waals surface area contributed by atoms with Crippen LogP contribution in [-0.4, -0.2) is 53.9 Å². The molecule has 3 rings (SSSR count). The number of rotatable bonds is 5. The predicted molar refractivity (Wildman–Crippen MR) is 115 cm³/mol. The van der Waals surface area contributed by atoms with Crippen LogP contribution in [0, 0.1) is 0 Å². The highest BCUT2D eigenvalue weighted by Crippen LogP contribution is 2.20. The van der Waals surface area contributed by atoms with Crippen molar-refractivity contribution >= 4 is 23.4 Å². The minimum Gasteiger partial charge on any atom is -0.481 e. The monoisotopic (exact) mass is 414 g/mol. The first-order valence-corrected chi connectivity index (χ1v) is 10.3. The second-order valence-electron chi connectivity index (χ2n) is 7.61. The summed E-state index contributed by atoms with van der Waals surface area (Å²) >= 11 is 5.98. The van der Waals surface area contributed by atoms with Gasteiger partial charge < -0.3 is 14.5 Å². The molecule has 6 heteroatoms. The van der Waals surface area contributed by atoms with Crippen LogP contribution < -0.4 is 4.74 Å². The molecule has 5 nitrogen and oxygen atoms in total. The molecule has 0 N–H and O–H groups in total. The van der Waals surface area contributed by atoms with Gasteiger partial charge in [0.15, 0.2) is 6.10 Å². The Kier molecular flexibility index (Phi) is 6.80. The first-order chi connectivity index (χ1) is 13.8. The van der Waals surface area contributed by atoms with Gasteiger partial charge in [-0.1, -0.05) is 43.6 Å². The van der Waals surface area contributed by atoms with E-state index in [0.717, 1.165) is 0 Å². The molecule has 2 aromatic rings. The van der Waals surface area contributed by atoms with Gasteiger partial charge in [0.25, 0.3) is 11.8 Å². The standard InChI is InChI=1S/C23H27ClN2O3/c1-16(2)18-7-9-21(10-8-18)29-17(3)22(27)25-11-13-26(14-12-25)23(28)19-5-4-6-20(24)15-19/h4-10,15-17H,11-14H2,1-3H3. The number of amides is 2. The van der Waals surface area contributed by atoms with Crippen molar-refractivity contribution in [2.24, 2.45) is 0 Å². The third kappa shape index (κ3) is 5.30. The summed E-state index contributed by atoms with van der Waals surface area (Å²) in [5.41, 5.74) is 1.80. The summed E-state index contributed by atoms with van der Waals surface area (Å²) in [6.07, 6.45) is -0.574. The molecule has 0 aliphatic carbocycles. The van der Waals surface area contributed by atoms with Gasteiger partial charge in [-0.2, -0.15) is 0 Å². The Hall–Kier alpha value is -2.53. The first-order valence-electron chi connectivity index (χ1n) is 9.95. The molecule has 1 aliphatic rings. The molecule has 1 atom stereocenters. The Balaban J connectivity index is 1.53. The summed E-state index contributed by atoms with van der Waals surface area (Å²) < 4.78 is 5.83. The zero-order valence-electron chi connectivity index (χ0n) is 17.1. The summed E-state index contributed by atoms with van der Waals surface area (Å²) in [5.74, 6) is 1.01. The van der Waals surface area contributed by atoms with Crippen LogP contribution in [-0.2, 0) is 4.79 Å². The maximum atomic E-state index is 12.7. The SMILES string of the molecule is CC(Oc1ccc(C(C)C)cc1)C(=O)N1CCN(C(=O)c2cccc(Cl)c2)CC1. The molecule has 2 amide bonds. The lowest BCUT2D eigenvalue weighted by Gasteiger charge is -2.36. The molecule has 0 radical (unpaired) electrons. The van der Waals surface area contributed by atoms with Gasteiger partial charge in [-0.15, -0.1) is 0 Å². The number of hydrogen-bond donors (Lipinski definition) is 0. The normalized spacial score (nSPS) is 15.3. The van der Waals surface area contributed by atoms with Gasteiger partial charge in [0.05, 0.1) is 0 Å². The van der Waals surface area contributed by atoms with Crippen LogP contribution in [0.15, 0.2) is 48.5 Å². The smallest absolute Gasteiger partial charge is 0.263 e. The van der Waals surface area contributed by atoms with Crippen molar-refractivity contribution in [3.8, 4) is 5.75 Å². The Morgan fingerprint density at radius 1 is 0.931 bits per heavy atom. The predicted octanol–water partition coefficient (Wildman–Crippen LogP) is 4.22. The van der Waals surface area contributed by atoms with Crippen LogP contribution >= 0.6 is 11.6 Å². The molecule has 1 aliphatic heterocycles. The molecule has 1 saturated heterocycles. The Bertz CT molecular complexity index is 859. The number of benzene rings is 2. The number of nitrogens with zero attached hydrogens (tertiary/aromatic N) is 2. The minimum atomic E-state index is -0.574. The van der Waals surface area contributed by atoms with Crippen LogP contribution in [0.2, 0.25) is 5.02 Å². The summed E-state index contributed by atoms with van der Waals surface area (Å²) in [4.78, 5) is 28.9. The molecular weight excluding hydrogens is 388 g/mol. The van der Waals surface area contributed by atoms with E-state index in [2.05, 4.69) is 13.8 Å².